The van der Waals surface area contributed by atoms with Crippen LogP contribution in [0.15, 0.2) is 24.5 Å². The molecule has 1 N–H and O–H groups in total. The summed E-state index contributed by atoms with van der Waals surface area (Å²) in [5.41, 5.74) is -1.01. The minimum absolute atomic E-state index is 0.0134. The molecular formula is C26H32F4N6O4Si. The lowest BCUT2D eigenvalue weighted by Crippen LogP contribution is -2.41. The second kappa shape index (κ2) is 10.8. The Morgan fingerprint density at radius 2 is 1.93 bits per heavy atom. The number of ether oxygens (including phenoxy) is 3. The van der Waals surface area contributed by atoms with E-state index in [1.807, 2.05) is 0 Å². The van der Waals surface area contributed by atoms with Crippen molar-refractivity contribution in [3.63, 3.8) is 0 Å². The summed E-state index contributed by atoms with van der Waals surface area (Å²) in [5.74, 6) is -0.366. The van der Waals surface area contributed by atoms with E-state index in [1.54, 1.807) is 22.9 Å². The fourth-order valence-electron chi connectivity index (χ4n) is 4.86. The highest BCUT2D eigenvalue weighted by Crippen LogP contribution is 2.49. The topological polar surface area (TPSA) is 101 Å². The molecule has 0 fully saturated rings. The van der Waals surface area contributed by atoms with E-state index < -0.39 is 32.4 Å². The largest absolute Gasteiger partial charge is 0.474 e. The molecule has 15 heteroatoms. The number of fused-ring (bicyclic) bond motifs is 2. The van der Waals surface area contributed by atoms with Crippen molar-refractivity contribution in [1.82, 2.24) is 29.1 Å². The van der Waals surface area contributed by atoms with E-state index in [9.17, 15) is 22.7 Å². The summed E-state index contributed by atoms with van der Waals surface area (Å²) in [4.78, 5) is 4.51. The quantitative estimate of drug-likeness (QED) is 0.151. The normalized spacial score (nSPS) is 17.5. The van der Waals surface area contributed by atoms with Gasteiger partial charge in [0.25, 0.3) is 6.43 Å². The summed E-state index contributed by atoms with van der Waals surface area (Å²) in [6, 6.07) is 4.23. The number of pyridine rings is 1. The molecule has 4 aromatic heterocycles. The molecule has 0 aromatic carbocycles. The number of aliphatic hydroxyl groups is 1. The number of rotatable bonds is 10. The zero-order valence-electron chi connectivity index (χ0n) is 23.4. The molecule has 41 heavy (non-hydrogen) atoms. The highest BCUT2D eigenvalue weighted by atomic mass is 28.3. The molecular weight excluding hydrogens is 564 g/mol. The molecule has 4 aromatic rings. The van der Waals surface area contributed by atoms with Gasteiger partial charge in [-0.15, -0.1) is 5.10 Å². The Morgan fingerprint density at radius 1 is 1.17 bits per heavy atom. The van der Waals surface area contributed by atoms with Gasteiger partial charge in [0.2, 0.25) is 11.8 Å². The maximum atomic E-state index is 14.6. The van der Waals surface area contributed by atoms with E-state index in [4.69, 9.17) is 14.2 Å². The summed E-state index contributed by atoms with van der Waals surface area (Å²) < 4.78 is 76.9. The lowest BCUT2D eigenvalue weighted by atomic mass is 10.00. The number of alkyl halides is 4. The van der Waals surface area contributed by atoms with Gasteiger partial charge in [0.15, 0.2) is 0 Å². The molecule has 1 atom stereocenters. The number of aromatic nitrogens is 6. The molecule has 0 aliphatic carbocycles. The highest BCUT2D eigenvalue weighted by Gasteiger charge is 2.39. The van der Waals surface area contributed by atoms with Crippen LogP contribution in [-0.4, -0.2) is 67.7 Å². The van der Waals surface area contributed by atoms with Crippen LogP contribution in [0.25, 0.3) is 33.4 Å². The van der Waals surface area contributed by atoms with E-state index >= 15 is 0 Å². The molecule has 5 rings (SSSR count). The van der Waals surface area contributed by atoms with E-state index in [2.05, 4.69) is 34.8 Å². The van der Waals surface area contributed by atoms with Crippen molar-refractivity contribution >= 4 is 19.1 Å². The lowest BCUT2D eigenvalue weighted by Gasteiger charge is -2.29. The number of nitrogens with zero attached hydrogens (tertiary/aromatic N) is 6. The molecule has 0 amide bonds. The molecule has 0 saturated heterocycles. The van der Waals surface area contributed by atoms with Gasteiger partial charge in [0.1, 0.15) is 30.3 Å². The summed E-state index contributed by atoms with van der Waals surface area (Å²) in [5, 5.41) is 19.2. The molecule has 222 valence electrons. The van der Waals surface area contributed by atoms with Crippen molar-refractivity contribution in [3.8, 4) is 34.1 Å². The van der Waals surface area contributed by atoms with E-state index in [1.165, 1.54) is 29.5 Å². The SMILES string of the molecule is Cn1cc(-c2c(-c3c(C(F)F)nn4c3OC[C@@](C)(O)C4)n(COCC[Si](C)(C)C)c3ncccc23)c(OC(F)F)n1. The Labute approximate surface area is 234 Å². The van der Waals surface area contributed by atoms with Crippen LogP contribution in [0.3, 0.4) is 0 Å². The second-order valence-corrected chi connectivity index (χ2v) is 17.2. The van der Waals surface area contributed by atoms with E-state index in [0.717, 1.165) is 6.04 Å². The van der Waals surface area contributed by atoms with Crippen LogP contribution in [0.1, 0.15) is 19.0 Å². The fraction of sp³-hybridized carbons (Fsp3) is 0.500. The number of aryl methyl sites for hydroxylation is 1. The molecule has 1 aliphatic rings. The Morgan fingerprint density at radius 3 is 2.61 bits per heavy atom. The van der Waals surface area contributed by atoms with Crippen molar-refractivity contribution < 1.29 is 36.9 Å². The third-order valence-electron chi connectivity index (χ3n) is 6.69. The zero-order valence-corrected chi connectivity index (χ0v) is 24.4. The average Bonchev–Trinajstić information content (AvgIpc) is 3.50. The van der Waals surface area contributed by atoms with E-state index in [0.29, 0.717) is 17.6 Å². The molecule has 5 heterocycles. The van der Waals surface area contributed by atoms with Crippen molar-refractivity contribution in [1.29, 1.82) is 0 Å². The Balaban J connectivity index is 1.80. The monoisotopic (exact) mass is 596 g/mol. The van der Waals surface area contributed by atoms with Crippen LogP contribution in [0.5, 0.6) is 11.8 Å². The van der Waals surface area contributed by atoms with Crippen molar-refractivity contribution in [3.05, 3.63) is 30.2 Å². The third-order valence-corrected chi connectivity index (χ3v) is 8.39. The van der Waals surface area contributed by atoms with Crippen LogP contribution >= 0.6 is 0 Å². The first kappa shape index (κ1) is 29.1. The van der Waals surface area contributed by atoms with E-state index in [-0.39, 0.29) is 54.0 Å². The molecule has 0 bridgehead atoms. The van der Waals surface area contributed by atoms with Crippen LogP contribution < -0.4 is 9.47 Å². The summed E-state index contributed by atoms with van der Waals surface area (Å²) in [7, 11) is 0.0923. The third kappa shape index (κ3) is 5.83. The van der Waals surface area contributed by atoms with Crippen LogP contribution in [0.2, 0.25) is 25.7 Å². The summed E-state index contributed by atoms with van der Waals surface area (Å²) in [6.45, 7) is 5.08. The van der Waals surface area contributed by atoms with Gasteiger partial charge in [-0.3, -0.25) is 4.68 Å². The van der Waals surface area contributed by atoms with Crippen molar-refractivity contribution in [2.75, 3.05) is 13.2 Å². The van der Waals surface area contributed by atoms with Gasteiger partial charge >= 0.3 is 6.61 Å². The average molecular weight is 597 g/mol. The van der Waals surface area contributed by atoms with Crippen molar-refractivity contribution in [2.45, 2.75) is 64.5 Å². The second-order valence-electron chi connectivity index (χ2n) is 11.6. The molecule has 10 nitrogen and oxygen atoms in total. The first-order chi connectivity index (χ1) is 19.3. The summed E-state index contributed by atoms with van der Waals surface area (Å²) in [6.07, 6.45) is -0.00521. The van der Waals surface area contributed by atoms with Gasteiger partial charge in [-0.1, -0.05) is 19.6 Å². The zero-order chi connectivity index (χ0) is 29.7. The predicted molar refractivity (Wildman–Crippen MR) is 145 cm³/mol. The number of hydrogen-bond acceptors (Lipinski definition) is 7. The number of hydrogen-bond donors (Lipinski definition) is 1. The van der Waals surface area contributed by atoms with Gasteiger partial charge < -0.3 is 23.9 Å². The van der Waals surface area contributed by atoms with Crippen LogP contribution in [0.4, 0.5) is 17.6 Å². The van der Waals surface area contributed by atoms with Gasteiger partial charge in [0.05, 0.1) is 23.4 Å². The van der Waals surface area contributed by atoms with Gasteiger partial charge in [-0.25, -0.2) is 18.4 Å². The predicted octanol–water partition coefficient (Wildman–Crippen LogP) is 5.30. The van der Waals surface area contributed by atoms with Crippen LogP contribution in [-0.2, 0) is 25.1 Å². The molecule has 0 radical (unpaired) electrons. The molecule has 1 aliphatic heterocycles. The Bertz CT molecular complexity index is 1560. The smallest absolute Gasteiger partial charge is 0.388 e. The van der Waals surface area contributed by atoms with Gasteiger partial charge in [0, 0.05) is 45.1 Å². The fourth-order valence-corrected chi connectivity index (χ4v) is 5.62. The standard InChI is InChI=1S/C26H32F4N6O4Si/c1-26(37)12-36-24(39-13-26)18(19(32-36)21(27)28)20-17(16-11-34(2)33-23(16)40-25(29)30)15-7-6-8-31-22(15)35(20)14-38-9-10-41(3,4)5/h6-8,11,21,25,37H,9-10,12-14H2,1-5H3/t26-/m0/s1. The van der Waals surface area contributed by atoms with Crippen molar-refractivity contribution in [2.24, 2.45) is 7.05 Å². The van der Waals surface area contributed by atoms with Crippen LogP contribution in [0, 0.1) is 0 Å². The summed E-state index contributed by atoms with van der Waals surface area (Å²) >= 11 is 0. The maximum absolute atomic E-state index is 14.6. The lowest BCUT2D eigenvalue weighted by molar-refractivity contribution is -0.0527. The highest BCUT2D eigenvalue weighted by molar-refractivity contribution is 6.76. The first-order valence-electron chi connectivity index (χ1n) is 13.0. The molecule has 0 spiro atoms. The Kier molecular flexibility index (Phi) is 7.63. The van der Waals surface area contributed by atoms with Gasteiger partial charge in [-0.2, -0.15) is 13.9 Å². The minimum Gasteiger partial charge on any atom is -0.474 e. The maximum Gasteiger partial charge on any atom is 0.388 e. The minimum atomic E-state index is -3.17. The number of halogens is 4. The van der Waals surface area contributed by atoms with Gasteiger partial charge in [-0.05, 0) is 25.1 Å². The first-order valence-corrected chi connectivity index (χ1v) is 16.7. The molecule has 0 saturated carbocycles. The molecule has 0 unspecified atom stereocenters. The Hall–Kier alpha value is -3.43.